The topological polar surface area (TPSA) is 55.0 Å². The highest BCUT2D eigenvalue weighted by Gasteiger charge is 2.22. The summed E-state index contributed by atoms with van der Waals surface area (Å²) < 4.78 is 0. The van der Waals surface area contributed by atoms with Crippen LogP contribution in [0.15, 0.2) is 6.20 Å². The van der Waals surface area contributed by atoms with Crippen molar-refractivity contribution in [1.82, 2.24) is 9.97 Å². The average Bonchev–Trinajstić information content (AvgIpc) is 2.74. The Morgan fingerprint density at radius 1 is 1.47 bits per heavy atom. The van der Waals surface area contributed by atoms with Gasteiger partial charge in [-0.25, -0.2) is 4.98 Å². The van der Waals surface area contributed by atoms with Crippen molar-refractivity contribution in [3.63, 3.8) is 0 Å². The lowest BCUT2D eigenvalue weighted by molar-refractivity contribution is 0.646. The lowest BCUT2D eigenvalue weighted by atomic mass is 10.2. The highest BCUT2D eigenvalue weighted by Crippen LogP contribution is 2.29. The van der Waals surface area contributed by atoms with Crippen molar-refractivity contribution in [2.45, 2.75) is 31.7 Å². The largest absolute Gasteiger partial charge is 0.394 e. The van der Waals surface area contributed by atoms with Crippen molar-refractivity contribution in [2.24, 2.45) is 0 Å². The number of rotatable bonds is 2. The molecule has 2 rings (SSSR count). The first kappa shape index (κ1) is 10.5. The Balaban J connectivity index is 2.23. The van der Waals surface area contributed by atoms with Crippen LogP contribution < -0.4 is 10.6 Å². The molecular formula is C10H15ClN4. The van der Waals surface area contributed by atoms with Gasteiger partial charge >= 0.3 is 0 Å². The van der Waals surface area contributed by atoms with E-state index in [9.17, 15) is 0 Å². The number of halogens is 1. The van der Waals surface area contributed by atoms with E-state index in [1.54, 1.807) is 6.20 Å². The number of hydrogen-bond acceptors (Lipinski definition) is 4. The van der Waals surface area contributed by atoms with E-state index in [0.717, 1.165) is 5.82 Å². The number of nitrogens with two attached hydrogens (primary N) is 1. The molecule has 5 heteroatoms. The van der Waals surface area contributed by atoms with Crippen LogP contribution in [0.5, 0.6) is 0 Å². The van der Waals surface area contributed by atoms with E-state index in [1.807, 2.05) is 7.05 Å². The van der Waals surface area contributed by atoms with Crippen molar-refractivity contribution in [1.29, 1.82) is 0 Å². The number of aromatic nitrogens is 2. The molecule has 1 aromatic rings. The smallest absolute Gasteiger partial charge is 0.224 e. The molecule has 1 fully saturated rings. The van der Waals surface area contributed by atoms with Crippen LogP contribution in [0.25, 0.3) is 0 Å². The predicted molar refractivity (Wildman–Crippen MR) is 62.1 cm³/mol. The van der Waals surface area contributed by atoms with Gasteiger partial charge in [-0.05, 0) is 24.4 Å². The minimum absolute atomic E-state index is 0.254. The Kier molecular flexibility index (Phi) is 2.95. The van der Waals surface area contributed by atoms with Crippen LogP contribution in [0, 0.1) is 0 Å². The molecule has 15 heavy (non-hydrogen) atoms. The molecule has 0 spiro atoms. The molecule has 0 aliphatic heterocycles. The summed E-state index contributed by atoms with van der Waals surface area (Å²) in [5, 5.41) is 0.254. The van der Waals surface area contributed by atoms with E-state index < -0.39 is 0 Å². The van der Waals surface area contributed by atoms with Crippen molar-refractivity contribution in [3.05, 3.63) is 11.5 Å². The van der Waals surface area contributed by atoms with E-state index in [-0.39, 0.29) is 5.28 Å². The van der Waals surface area contributed by atoms with Crippen LogP contribution in [0.4, 0.5) is 11.5 Å². The SMILES string of the molecule is CN(c1nc(Cl)ncc1N)C1CCCC1. The summed E-state index contributed by atoms with van der Waals surface area (Å²) in [7, 11) is 2.02. The number of hydrogen-bond donors (Lipinski definition) is 1. The summed E-state index contributed by atoms with van der Waals surface area (Å²) in [4.78, 5) is 10.1. The van der Waals surface area contributed by atoms with Crippen molar-refractivity contribution in [3.8, 4) is 0 Å². The van der Waals surface area contributed by atoms with Gasteiger partial charge in [-0.3, -0.25) is 0 Å². The minimum Gasteiger partial charge on any atom is -0.394 e. The third-order valence-electron chi connectivity index (χ3n) is 2.97. The first-order valence-corrected chi connectivity index (χ1v) is 5.57. The second-order valence-electron chi connectivity index (χ2n) is 3.97. The summed E-state index contributed by atoms with van der Waals surface area (Å²) in [5.41, 5.74) is 6.42. The van der Waals surface area contributed by atoms with Crippen LogP contribution in [-0.4, -0.2) is 23.1 Å². The normalized spacial score (nSPS) is 16.9. The Morgan fingerprint density at radius 3 is 2.80 bits per heavy atom. The highest BCUT2D eigenvalue weighted by atomic mass is 35.5. The van der Waals surface area contributed by atoms with Crippen LogP contribution in [-0.2, 0) is 0 Å². The molecule has 0 saturated heterocycles. The molecule has 2 N–H and O–H groups in total. The molecule has 0 atom stereocenters. The molecule has 0 amide bonds. The fourth-order valence-electron chi connectivity index (χ4n) is 2.11. The Labute approximate surface area is 94.5 Å². The van der Waals surface area contributed by atoms with Crippen LogP contribution in [0.3, 0.4) is 0 Å². The van der Waals surface area contributed by atoms with Gasteiger partial charge in [0, 0.05) is 13.1 Å². The Bertz CT molecular complexity index is 349. The zero-order chi connectivity index (χ0) is 10.8. The van der Waals surface area contributed by atoms with E-state index >= 15 is 0 Å². The Hall–Kier alpha value is -1.03. The molecule has 1 aliphatic rings. The van der Waals surface area contributed by atoms with E-state index in [0.29, 0.717) is 11.7 Å². The maximum atomic E-state index is 5.83. The number of anilines is 2. The van der Waals surface area contributed by atoms with Gasteiger partial charge in [-0.2, -0.15) is 4.98 Å². The van der Waals surface area contributed by atoms with Gasteiger partial charge in [0.05, 0.1) is 11.9 Å². The second-order valence-corrected chi connectivity index (χ2v) is 4.31. The molecule has 1 saturated carbocycles. The zero-order valence-electron chi connectivity index (χ0n) is 8.78. The predicted octanol–water partition coefficient (Wildman–Crippen LogP) is 2.09. The first-order valence-electron chi connectivity index (χ1n) is 5.19. The van der Waals surface area contributed by atoms with Gasteiger partial charge < -0.3 is 10.6 Å². The zero-order valence-corrected chi connectivity index (χ0v) is 9.54. The van der Waals surface area contributed by atoms with E-state index in [2.05, 4.69) is 14.9 Å². The lowest BCUT2D eigenvalue weighted by Gasteiger charge is -2.26. The maximum absolute atomic E-state index is 5.83. The summed E-state index contributed by atoms with van der Waals surface area (Å²) in [6.07, 6.45) is 6.55. The molecule has 4 nitrogen and oxygen atoms in total. The fraction of sp³-hybridized carbons (Fsp3) is 0.600. The first-order chi connectivity index (χ1) is 7.18. The molecule has 0 bridgehead atoms. The molecule has 1 heterocycles. The van der Waals surface area contributed by atoms with Gasteiger partial charge in [0.15, 0.2) is 5.82 Å². The van der Waals surface area contributed by atoms with Crippen molar-refractivity contribution >= 4 is 23.1 Å². The standard InChI is InChI=1S/C10H15ClN4/c1-15(7-4-2-3-5-7)9-8(12)6-13-10(11)14-9/h6-7H,2-5,12H2,1H3. The molecular weight excluding hydrogens is 212 g/mol. The monoisotopic (exact) mass is 226 g/mol. The van der Waals surface area contributed by atoms with Gasteiger partial charge in [0.25, 0.3) is 0 Å². The maximum Gasteiger partial charge on any atom is 0.224 e. The van der Waals surface area contributed by atoms with Crippen LogP contribution in [0.1, 0.15) is 25.7 Å². The lowest BCUT2D eigenvalue weighted by Crippen LogP contribution is -2.30. The van der Waals surface area contributed by atoms with Crippen LogP contribution in [0.2, 0.25) is 5.28 Å². The molecule has 1 aliphatic carbocycles. The van der Waals surface area contributed by atoms with Crippen molar-refractivity contribution in [2.75, 3.05) is 17.7 Å². The van der Waals surface area contributed by atoms with E-state index in [4.69, 9.17) is 17.3 Å². The Morgan fingerprint density at radius 2 is 2.13 bits per heavy atom. The number of nitrogens with zero attached hydrogens (tertiary/aromatic N) is 3. The molecule has 0 aromatic carbocycles. The highest BCUT2D eigenvalue weighted by molar-refractivity contribution is 6.28. The minimum atomic E-state index is 0.254. The van der Waals surface area contributed by atoms with Gasteiger partial charge in [-0.1, -0.05) is 12.8 Å². The summed E-state index contributed by atoms with van der Waals surface area (Å²) in [6.45, 7) is 0. The van der Waals surface area contributed by atoms with Gasteiger partial charge in [0.1, 0.15) is 0 Å². The average molecular weight is 227 g/mol. The molecule has 1 aromatic heterocycles. The third kappa shape index (κ3) is 2.15. The van der Waals surface area contributed by atoms with E-state index in [1.165, 1.54) is 25.7 Å². The number of nitrogen functional groups attached to an aromatic ring is 1. The summed E-state index contributed by atoms with van der Waals surface area (Å²) in [5.74, 6) is 0.752. The second kappa shape index (κ2) is 4.23. The summed E-state index contributed by atoms with van der Waals surface area (Å²) >= 11 is 5.76. The molecule has 82 valence electrons. The molecule has 0 unspecified atom stereocenters. The summed E-state index contributed by atoms with van der Waals surface area (Å²) in [6, 6.07) is 0.540. The molecule has 0 radical (unpaired) electrons. The quantitative estimate of drug-likeness (QED) is 0.785. The van der Waals surface area contributed by atoms with Crippen LogP contribution >= 0.6 is 11.6 Å². The van der Waals surface area contributed by atoms with Gasteiger partial charge in [-0.15, -0.1) is 0 Å². The van der Waals surface area contributed by atoms with Gasteiger partial charge in [0.2, 0.25) is 5.28 Å². The van der Waals surface area contributed by atoms with Crippen molar-refractivity contribution < 1.29 is 0 Å². The fourth-order valence-corrected chi connectivity index (χ4v) is 2.24. The third-order valence-corrected chi connectivity index (χ3v) is 3.16.